The monoisotopic (exact) mass is 375 g/mol. The summed E-state index contributed by atoms with van der Waals surface area (Å²) in [5.74, 6) is -0.438. The van der Waals surface area contributed by atoms with Gasteiger partial charge in [0.05, 0.1) is 22.8 Å². The van der Waals surface area contributed by atoms with E-state index in [-0.39, 0.29) is 11.5 Å². The Labute approximate surface area is 152 Å². The molecule has 25 heavy (non-hydrogen) atoms. The maximum Gasteiger partial charge on any atom is 0.183 e. The van der Waals surface area contributed by atoms with Crippen molar-refractivity contribution in [1.29, 1.82) is 5.26 Å². The van der Waals surface area contributed by atoms with E-state index in [1.807, 2.05) is 6.92 Å². The molecule has 3 atom stereocenters. The summed E-state index contributed by atoms with van der Waals surface area (Å²) in [6.45, 7) is 2.34. The van der Waals surface area contributed by atoms with E-state index in [1.54, 1.807) is 54.6 Å². The number of hydrogen-bond acceptors (Lipinski definition) is 4. The number of benzene rings is 2. The zero-order chi connectivity index (χ0) is 18.1. The molecule has 4 nitrogen and oxygen atoms in total. The Balaban J connectivity index is 2.06. The summed E-state index contributed by atoms with van der Waals surface area (Å²) in [5, 5.41) is 9.57. The number of rotatable bonds is 6. The molecule has 3 rings (SSSR count). The Hall–Kier alpha value is -1.87. The predicted molar refractivity (Wildman–Crippen MR) is 96.1 cm³/mol. The minimum Gasteiger partial charge on any atom is -0.380 e. The normalized spacial score (nSPS) is 25.3. The molecule has 0 unspecified atom stereocenters. The largest absolute Gasteiger partial charge is 0.380 e. The number of nitriles is 1. The molecular formula is C19H18ClNO3S. The van der Waals surface area contributed by atoms with Crippen LogP contribution in [0, 0.1) is 16.7 Å². The highest BCUT2D eigenvalue weighted by Crippen LogP contribution is 2.63. The van der Waals surface area contributed by atoms with E-state index in [4.69, 9.17) is 16.3 Å². The van der Waals surface area contributed by atoms with Crippen molar-refractivity contribution in [2.24, 2.45) is 5.41 Å². The molecular weight excluding hydrogens is 358 g/mol. The van der Waals surface area contributed by atoms with E-state index >= 15 is 0 Å². The van der Waals surface area contributed by atoms with Gasteiger partial charge >= 0.3 is 0 Å². The lowest BCUT2D eigenvalue weighted by Crippen LogP contribution is -2.19. The summed E-state index contributed by atoms with van der Waals surface area (Å²) >= 11 is 5.94. The molecule has 1 aliphatic carbocycles. The fourth-order valence-electron chi connectivity index (χ4n) is 3.37. The molecule has 0 heterocycles. The van der Waals surface area contributed by atoms with Crippen LogP contribution in [0.5, 0.6) is 0 Å². The first-order chi connectivity index (χ1) is 12.0. The lowest BCUT2D eigenvalue weighted by Gasteiger charge is -2.09. The van der Waals surface area contributed by atoms with Gasteiger partial charge in [-0.2, -0.15) is 5.26 Å². The highest BCUT2D eigenvalue weighted by atomic mass is 35.5. The molecule has 0 aliphatic heterocycles. The first-order valence-electron chi connectivity index (χ1n) is 8.01. The van der Waals surface area contributed by atoms with Crippen LogP contribution >= 0.6 is 11.6 Å². The molecule has 0 bridgehead atoms. The third-order valence-electron chi connectivity index (χ3n) is 4.64. The fourth-order valence-corrected chi connectivity index (χ4v) is 5.82. The molecule has 0 saturated heterocycles. The fraction of sp³-hybridized carbons (Fsp3) is 0.316. The van der Waals surface area contributed by atoms with Crippen molar-refractivity contribution in [3.05, 3.63) is 65.2 Å². The van der Waals surface area contributed by atoms with Crippen LogP contribution in [0.3, 0.4) is 0 Å². The minimum atomic E-state index is -3.66. The number of hydrogen-bond donors (Lipinski definition) is 0. The number of halogens is 1. The van der Waals surface area contributed by atoms with Crippen molar-refractivity contribution in [2.45, 2.75) is 23.0 Å². The Morgan fingerprint density at radius 3 is 2.36 bits per heavy atom. The van der Waals surface area contributed by atoms with E-state index in [1.165, 1.54) is 0 Å². The van der Waals surface area contributed by atoms with Gasteiger partial charge in [-0.15, -0.1) is 0 Å². The van der Waals surface area contributed by atoms with Crippen LogP contribution < -0.4 is 0 Å². The number of nitrogens with zero attached hydrogens (tertiary/aromatic N) is 1. The van der Waals surface area contributed by atoms with Crippen LogP contribution in [-0.2, 0) is 14.6 Å². The molecule has 0 N–H and O–H groups in total. The van der Waals surface area contributed by atoms with Gasteiger partial charge in [0.1, 0.15) is 5.41 Å². The van der Waals surface area contributed by atoms with Crippen molar-refractivity contribution in [3.8, 4) is 6.07 Å². The van der Waals surface area contributed by atoms with E-state index in [0.29, 0.717) is 11.6 Å². The second-order valence-electron chi connectivity index (χ2n) is 6.10. The first-order valence-corrected chi connectivity index (χ1v) is 9.93. The van der Waals surface area contributed by atoms with Crippen LogP contribution in [0.25, 0.3) is 0 Å². The molecule has 1 fully saturated rings. The molecule has 0 spiro atoms. The van der Waals surface area contributed by atoms with Gasteiger partial charge in [0.25, 0.3) is 0 Å². The van der Waals surface area contributed by atoms with Crippen molar-refractivity contribution in [3.63, 3.8) is 0 Å². The van der Waals surface area contributed by atoms with E-state index in [2.05, 4.69) is 6.07 Å². The summed E-state index contributed by atoms with van der Waals surface area (Å²) in [4.78, 5) is 0.229. The molecule has 2 aromatic carbocycles. The van der Waals surface area contributed by atoms with Crippen molar-refractivity contribution in [2.75, 3.05) is 13.2 Å². The standard InChI is InChI=1S/C19H18ClNO3S/c1-2-24-13-19(12-21)17(14-8-10-15(20)11-9-14)18(19)25(22,23)16-6-4-3-5-7-16/h3-11,17-18H,2,13H2,1H3/t17-,18-,19-/m0/s1. The van der Waals surface area contributed by atoms with E-state index < -0.39 is 26.4 Å². The van der Waals surface area contributed by atoms with Gasteiger partial charge in [0.15, 0.2) is 9.84 Å². The summed E-state index contributed by atoms with van der Waals surface area (Å²) in [7, 11) is -3.66. The highest BCUT2D eigenvalue weighted by Gasteiger charge is 2.72. The maximum atomic E-state index is 13.2. The second-order valence-corrected chi connectivity index (χ2v) is 8.60. The highest BCUT2D eigenvalue weighted by molar-refractivity contribution is 7.92. The summed E-state index contributed by atoms with van der Waals surface area (Å²) in [5.41, 5.74) is -0.298. The third-order valence-corrected chi connectivity index (χ3v) is 7.19. The van der Waals surface area contributed by atoms with Crippen molar-refractivity contribution < 1.29 is 13.2 Å². The molecule has 0 amide bonds. The van der Waals surface area contributed by atoms with E-state index in [0.717, 1.165) is 5.56 Å². The predicted octanol–water partition coefficient (Wildman–Crippen LogP) is 3.83. The topological polar surface area (TPSA) is 67.2 Å². The van der Waals surface area contributed by atoms with Crippen LogP contribution in [0.2, 0.25) is 5.02 Å². The quantitative estimate of drug-likeness (QED) is 0.769. The van der Waals surface area contributed by atoms with Crippen LogP contribution in [0.15, 0.2) is 59.5 Å². The second kappa shape index (κ2) is 6.80. The molecule has 1 aliphatic rings. The van der Waals surface area contributed by atoms with Gasteiger partial charge < -0.3 is 4.74 Å². The Morgan fingerprint density at radius 1 is 1.16 bits per heavy atom. The van der Waals surface area contributed by atoms with Gasteiger partial charge in [0, 0.05) is 17.5 Å². The lowest BCUT2D eigenvalue weighted by atomic mass is 10.0. The van der Waals surface area contributed by atoms with Crippen molar-refractivity contribution in [1.82, 2.24) is 0 Å². The van der Waals surface area contributed by atoms with Gasteiger partial charge in [0.2, 0.25) is 0 Å². The van der Waals surface area contributed by atoms with Crippen LogP contribution in [0.4, 0.5) is 0 Å². The lowest BCUT2D eigenvalue weighted by molar-refractivity contribution is 0.117. The Kier molecular flexibility index (Phi) is 4.88. The smallest absolute Gasteiger partial charge is 0.183 e. The summed E-state index contributed by atoms with van der Waals surface area (Å²) in [6.07, 6.45) is 0. The molecule has 130 valence electrons. The molecule has 2 aromatic rings. The first kappa shape index (κ1) is 17.9. The SMILES string of the molecule is CCOC[C@@]1(C#N)[C@@H](c2ccc(Cl)cc2)[C@@H]1S(=O)(=O)c1ccccc1. The average Bonchev–Trinajstić information content (AvgIpc) is 3.31. The summed E-state index contributed by atoms with van der Waals surface area (Å²) in [6, 6.07) is 17.5. The van der Waals surface area contributed by atoms with Crippen LogP contribution in [-0.4, -0.2) is 26.9 Å². The average molecular weight is 376 g/mol. The number of sulfone groups is 1. The van der Waals surface area contributed by atoms with Gasteiger partial charge in [-0.25, -0.2) is 8.42 Å². The van der Waals surface area contributed by atoms with Crippen LogP contribution in [0.1, 0.15) is 18.4 Å². The molecule has 6 heteroatoms. The molecule has 1 saturated carbocycles. The van der Waals surface area contributed by atoms with Gasteiger partial charge in [-0.05, 0) is 36.8 Å². The summed E-state index contributed by atoms with van der Waals surface area (Å²) < 4.78 is 31.8. The zero-order valence-electron chi connectivity index (χ0n) is 13.7. The Bertz CT molecular complexity index is 891. The Morgan fingerprint density at radius 2 is 1.80 bits per heavy atom. The van der Waals surface area contributed by atoms with Crippen molar-refractivity contribution >= 4 is 21.4 Å². The maximum absolute atomic E-state index is 13.2. The van der Waals surface area contributed by atoms with E-state index in [9.17, 15) is 13.7 Å². The van der Waals surface area contributed by atoms with Gasteiger partial charge in [-0.1, -0.05) is 41.9 Å². The molecule has 0 aromatic heterocycles. The zero-order valence-corrected chi connectivity index (χ0v) is 15.3. The number of ether oxygens (including phenoxy) is 1. The minimum absolute atomic E-state index is 0.0873. The third kappa shape index (κ3) is 3.06. The van der Waals surface area contributed by atoms with Gasteiger partial charge in [-0.3, -0.25) is 0 Å². The molecule has 0 radical (unpaired) electrons.